The van der Waals surface area contributed by atoms with Crippen LogP contribution in [0.4, 0.5) is 5.69 Å². The van der Waals surface area contributed by atoms with Gasteiger partial charge < -0.3 is 19.9 Å². The number of hydrogen-bond donors (Lipinski definition) is 1. The lowest BCUT2D eigenvalue weighted by Crippen LogP contribution is -2.44. The lowest BCUT2D eigenvalue weighted by molar-refractivity contribution is 0.151. The quantitative estimate of drug-likeness (QED) is 0.403. The van der Waals surface area contributed by atoms with Crippen LogP contribution in [0.5, 0.6) is 5.75 Å². The summed E-state index contributed by atoms with van der Waals surface area (Å²) in [4.78, 5) is 9.51. The Morgan fingerprint density at radius 2 is 2.15 bits per heavy atom. The van der Waals surface area contributed by atoms with E-state index in [1.165, 1.54) is 50.9 Å². The van der Waals surface area contributed by atoms with Gasteiger partial charge in [-0.2, -0.15) is 0 Å². The Labute approximate surface area is 180 Å². The van der Waals surface area contributed by atoms with Crippen LogP contribution in [-0.4, -0.2) is 57.7 Å². The van der Waals surface area contributed by atoms with Gasteiger partial charge in [0.2, 0.25) is 0 Å². The molecule has 1 atom stereocenters. The van der Waals surface area contributed by atoms with Crippen LogP contribution in [0.3, 0.4) is 0 Å². The van der Waals surface area contributed by atoms with E-state index in [0.29, 0.717) is 11.3 Å². The maximum Gasteiger partial charge on any atom is 0.193 e. The minimum atomic E-state index is 0. The summed E-state index contributed by atoms with van der Waals surface area (Å²) < 4.78 is 5.36. The summed E-state index contributed by atoms with van der Waals surface area (Å²) in [7, 11) is 3.65. The molecule has 1 aromatic rings. The first-order valence-electron chi connectivity index (χ1n) is 10.1. The molecule has 0 amide bonds. The second-order valence-electron chi connectivity index (χ2n) is 8.26. The van der Waals surface area contributed by atoms with E-state index in [-0.39, 0.29) is 24.0 Å². The number of anilines is 1. The van der Waals surface area contributed by atoms with E-state index in [2.05, 4.69) is 38.3 Å². The van der Waals surface area contributed by atoms with Crippen LogP contribution < -0.4 is 15.0 Å². The van der Waals surface area contributed by atoms with Crippen LogP contribution in [-0.2, 0) is 0 Å². The Hall–Kier alpha value is -1.18. The topological polar surface area (TPSA) is 40.1 Å². The van der Waals surface area contributed by atoms with Gasteiger partial charge in [0.15, 0.2) is 5.96 Å². The Morgan fingerprint density at radius 3 is 2.81 bits per heavy atom. The van der Waals surface area contributed by atoms with Crippen LogP contribution in [0.25, 0.3) is 0 Å². The molecule has 0 aromatic heterocycles. The molecule has 27 heavy (non-hydrogen) atoms. The van der Waals surface area contributed by atoms with Gasteiger partial charge >= 0.3 is 0 Å². The van der Waals surface area contributed by atoms with Gasteiger partial charge in [-0.15, -0.1) is 24.0 Å². The van der Waals surface area contributed by atoms with Crippen molar-refractivity contribution >= 4 is 35.6 Å². The minimum absolute atomic E-state index is 0. The lowest BCUT2D eigenvalue weighted by atomic mass is 9.68. The minimum Gasteiger partial charge on any atom is -0.497 e. The van der Waals surface area contributed by atoms with Gasteiger partial charge in [-0.25, -0.2) is 0 Å². The summed E-state index contributed by atoms with van der Waals surface area (Å²) in [5, 5.41) is 3.66. The highest BCUT2D eigenvalue weighted by Gasteiger charge is 2.43. The first-order chi connectivity index (χ1) is 12.7. The van der Waals surface area contributed by atoms with E-state index in [0.717, 1.165) is 31.3 Å². The van der Waals surface area contributed by atoms with Crippen molar-refractivity contribution in [2.75, 3.05) is 51.8 Å². The molecule has 4 rings (SSSR count). The van der Waals surface area contributed by atoms with E-state index in [1.807, 2.05) is 13.1 Å². The average Bonchev–Trinajstić information content (AvgIpc) is 3.30. The van der Waals surface area contributed by atoms with Gasteiger partial charge in [-0.3, -0.25) is 4.99 Å². The van der Waals surface area contributed by atoms with Crippen molar-refractivity contribution in [2.45, 2.75) is 32.1 Å². The second-order valence-corrected chi connectivity index (χ2v) is 8.26. The molecular formula is C21H33IN4O. The number of hydrogen-bond acceptors (Lipinski definition) is 3. The van der Waals surface area contributed by atoms with Gasteiger partial charge in [0, 0.05) is 51.5 Å². The number of likely N-dealkylation sites (tertiary alicyclic amines) is 1. The summed E-state index contributed by atoms with van der Waals surface area (Å²) in [6, 6.07) is 8.40. The number of aliphatic imine (C=N–C) groups is 1. The second kappa shape index (κ2) is 8.88. The summed E-state index contributed by atoms with van der Waals surface area (Å²) in [6.45, 7) is 5.59. The molecule has 2 aliphatic heterocycles. The summed E-state index contributed by atoms with van der Waals surface area (Å²) in [5.74, 6) is 2.70. The monoisotopic (exact) mass is 484 g/mol. The number of halogens is 1. The van der Waals surface area contributed by atoms with Crippen LogP contribution in [0.2, 0.25) is 0 Å². The largest absolute Gasteiger partial charge is 0.497 e. The van der Waals surface area contributed by atoms with Crippen molar-refractivity contribution in [3.63, 3.8) is 0 Å². The normalized spacial score (nSPS) is 23.9. The summed E-state index contributed by atoms with van der Waals surface area (Å²) in [6.07, 6.45) is 6.82. The number of nitrogens with one attached hydrogen (secondary N) is 1. The van der Waals surface area contributed by atoms with Gasteiger partial charge in [-0.05, 0) is 49.1 Å². The van der Waals surface area contributed by atoms with Gasteiger partial charge in [0.05, 0.1) is 7.11 Å². The first kappa shape index (κ1) is 20.6. The summed E-state index contributed by atoms with van der Waals surface area (Å²) >= 11 is 0. The van der Waals surface area contributed by atoms with Crippen molar-refractivity contribution in [1.82, 2.24) is 10.2 Å². The number of benzene rings is 1. The van der Waals surface area contributed by atoms with Crippen molar-refractivity contribution in [3.05, 3.63) is 24.3 Å². The number of rotatable bonds is 4. The van der Waals surface area contributed by atoms with Crippen molar-refractivity contribution < 1.29 is 4.74 Å². The third-order valence-corrected chi connectivity index (χ3v) is 6.62. The maximum absolute atomic E-state index is 5.36. The average molecular weight is 484 g/mol. The third kappa shape index (κ3) is 4.46. The van der Waals surface area contributed by atoms with Crippen molar-refractivity contribution in [1.29, 1.82) is 0 Å². The molecule has 3 fully saturated rings. The van der Waals surface area contributed by atoms with E-state index in [1.54, 1.807) is 7.11 Å². The van der Waals surface area contributed by atoms with E-state index in [9.17, 15) is 0 Å². The van der Waals surface area contributed by atoms with E-state index >= 15 is 0 Å². The fourth-order valence-corrected chi connectivity index (χ4v) is 4.81. The molecule has 1 saturated carbocycles. The van der Waals surface area contributed by atoms with Gasteiger partial charge in [-0.1, -0.05) is 12.5 Å². The zero-order valence-electron chi connectivity index (χ0n) is 16.6. The van der Waals surface area contributed by atoms with Gasteiger partial charge in [0.1, 0.15) is 5.75 Å². The first-order valence-corrected chi connectivity index (χ1v) is 10.1. The highest BCUT2D eigenvalue weighted by molar-refractivity contribution is 14.0. The van der Waals surface area contributed by atoms with Crippen LogP contribution >= 0.6 is 24.0 Å². The lowest BCUT2D eigenvalue weighted by Gasteiger charge is -2.38. The number of methoxy groups -OCH3 is 1. The van der Waals surface area contributed by atoms with Crippen molar-refractivity contribution in [2.24, 2.45) is 16.3 Å². The highest BCUT2D eigenvalue weighted by Crippen LogP contribution is 2.47. The molecule has 0 bridgehead atoms. The Balaban J connectivity index is 0.00000210. The third-order valence-electron chi connectivity index (χ3n) is 6.62. The molecule has 5 nitrogen and oxygen atoms in total. The molecule has 1 unspecified atom stereocenters. The van der Waals surface area contributed by atoms with Gasteiger partial charge in [0.25, 0.3) is 0 Å². The van der Waals surface area contributed by atoms with Crippen molar-refractivity contribution in [3.8, 4) is 5.75 Å². The molecule has 3 aliphatic rings. The maximum atomic E-state index is 5.36. The molecule has 6 heteroatoms. The van der Waals surface area contributed by atoms with E-state index in [4.69, 9.17) is 4.74 Å². The SMILES string of the molecule is CN=C(NCC1CCN(c2cccc(OC)c2)C1)N1CCC2(CCC2)C1.I. The Bertz CT molecular complexity index is 661. The molecule has 1 aliphatic carbocycles. The highest BCUT2D eigenvalue weighted by atomic mass is 127. The molecular weight excluding hydrogens is 451 g/mol. The predicted molar refractivity (Wildman–Crippen MR) is 123 cm³/mol. The molecule has 1 aromatic carbocycles. The molecule has 0 radical (unpaired) electrons. The van der Waals surface area contributed by atoms with E-state index < -0.39 is 0 Å². The zero-order valence-corrected chi connectivity index (χ0v) is 18.9. The standard InChI is InChI=1S/C21H32N4O.HI/c1-22-20(25-12-10-21(16-25)8-4-9-21)23-14-17-7-11-24(15-17)18-5-3-6-19(13-18)26-2;/h3,5-6,13,17H,4,7-12,14-16H2,1-2H3,(H,22,23);1H. The van der Waals surface area contributed by atoms with Crippen LogP contribution in [0.1, 0.15) is 32.1 Å². The Kier molecular flexibility index (Phi) is 6.76. The molecule has 2 saturated heterocycles. The summed E-state index contributed by atoms with van der Waals surface area (Å²) in [5.41, 5.74) is 1.89. The Morgan fingerprint density at radius 1 is 1.30 bits per heavy atom. The molecule has 150 valence electrons. The number of guanidine groups is 1. The van der Waals surface area contributed by atoms with Crippen LogP contribution in [0.15, 0.2) is 29.3 Å². The number of nitrogens with zero attached hydrogens (tertiary/aromatic N) is 3. The number of ether oxygens (including phenoxy) is 1. The fourth-order valence-electron chi connectivity index (χ4n) is 4.81. The fraction of sp³-hybridized carbons (Fsp3) is 0.667. The molecule has 1 N–H and O–H groups in total. The van der Waals surface area contributed by atoms with Crippen LogP contribution in [0, 0.1) is 11.3 Å². The zero-order chi connectivity index (χ0) is 18.0. The predicted octanol–water partition coefficient (Wildman–Crippen LogP) is 3.59. The smallest absolute Gasteiger partial charge is 0.193 e. The molecule has 2 heterocycles. The molecule has 1 spiro atoms.